The molecule has 1 aromatic carbocycles. The van der Waals surface area contributed by atoms with Gasteiger partial charge in [-0.1, -0.05) is 18.2 Å². The first-order valence-corrected chi connectivity index (χ1v) is 7.82. The number of amides is 2. The van der Waals surface area contributed by atoms with Crippen molar-refractivity contribution in [3.8, 4) is 0 Å². The molecule has 6 heteroatoms. The van der Waals surface area contributed by atoms with E-state index in [-0.39, 0.29) is 18.4 Å². The Kier molecular flexibility index (Phi) is 5.38. The Morgan fingerprint density at radius 3 is 2.39 bits per heavy atom. The largest absolute Gasteiger partial charge is 0.381 e. The third kappa shape index (κ3) is 4.09. The number of nitrogens with two attached hydrogens (primary N) is 1. The van der Waals surface area contributed by atoms with Gasteiger partial charge in [-0.05, 0) is 37.8 Å². The van der Waals surface area contributed by atoms with Crippen molar-refractivity contribution in [2.24, 2.45) is 5.73 Å². The van der Waals surface area contributed by atoms with E-state index >= 15 is 0 Å². The van der Waals surface area contributed by atoms with E-state index in [0.29, 0.717) is 26.1 Å². The molecule has 1 saturated heterocycles. The normalized spacial score (nSPS) is 16.7. The molecule has 0 aliphatic carbocycles. The number of aryl methyl sites for hydroxylation is 2. The van der Waals surface area contributed by atoms with Crippen LogP contribution in [0, 0.1) is 13.8 Å². The van der Waals surface area contributed by atoms with Crippen LogP contribution in [0.25, 0.3) is 0 Å². The maximum Gasteiger partial charge on any atom is 0.243 e. The Labute approximate surface area is 137 Å². The van der Waals surface area contributed by atoms with Crippen LogP contribution in [0.2, 0.25) is 0 Å². The molecule has 0 atom stereocenters. The van der Waals surface area contributed by atoms with E-state index in [9.17, 15) is 9.59 Å². The maximum absolute atomic E-state index is 12.5. The Morgan fingerprint density at radius 2 is 1.83 bits per heavy atom. The van der Waals surface area contributed by atoms with E-state index in [1.165, 1.54) is 4.90 Å². The second-order valence-electron chi connectivity index (χ2n) is 6.24. The second kappa shape index (κ2) is 7.10. The third-order valence-corrected chi connectivity index (χ3v) is 4.28. The number of hydrogen-bond donors (Lipinski definition) is 2. The number of nitrogens with one attached hydrogen (secondary N) is 1. The SMILES string of the molecule is Cc1cccc(C)c1NC(=O)CN(C)C(=O)C1(N)CCOCC1. The summed E-state index contributed by atoms with van der Waals surface area (Å²) in [5.74, 6) is -0.439. The highest BCUT2D eigenvalue weighted by atomic mass is 16.5. The van der Waals surface area contributed by atoms with Crippen LogP contribution in [-0.4, -0.2) is 49.1 Å². The van der Waals surface area contributed by atoms with E-state index in [1.54, 1.807) is 7.05 Å². The van der Waals surface area contributed by atoms with Crippen molar-refractivity contribution in [1.82, 2.24) is 4.90 Å². The van der Waals surface area contributed by atoms with Crippen molar-refractivity contribution in [2.45, 2.75) is 32.2 Å². The monoisotopic (exact) mass is 319 g/mol. The third-order valence-electron chi connectivity index (χ3n) is 4.28. The number of para-hydroxylation sites is 1. The molecule has 0 unspecified atom stereocenters. The van der Waals surface area contributed by atoms with Crippen LogP contribution in [0.5, 0.6) is 0 Å². The van der Waals surface area contributed by atoms with Gasteiger partial charge in [0, 0.05) is 25.9 Å². The Bertz CT molecular complexity index is 574. The molecule has 2 amide bonds. The summed E-state index contributed by atoms with van der Waals surface area (Å²) in [6, 6.07) is 5.82. The lowest BCUT2D eigenvalue weighted by atomic mass is 9.90. The van der Waals surface area contributed by atoms with Gasteiger partial charge in [0.1, 0.15) is 0 Å². The van der Waals surface area contributed by atoms with Gasteiger partial charge in [0.05, 0.1) is 12.1 Å². The van der Waals surface area contributed by atoms with Gasteiger partial charge < -0.3 is 20.7 Å². The molecule has 0 radical (unpaired) electrons. The van der Waals surface area contributed by atoms with E-state index < -0.39 is 5.54 Å². The molecule has 1 fully saturated rings. The maximum atomic E-state index is 12.5. The average molecular weight is 319 g/mol. The van der Waals surface area contributed by atoms with Crippen LogP contribution in [0.15, 0.2) is 18.2 Å². The van der Waals surface area contributed by atoms with Crippen molar-refractivity contribution in [2.75, 3.05) is 32.1 Å². The van der Waals surface area contributed by atoms with Crippen molar-refractivity contribution < 1.29 is 14.3 Å². The number of rotatable bonds is 4. The highest BCUT2D eigenvalue weighted by Crippen LogP contribution is 2.21. The Hall–Kier alpha value is -1.92. The fraction of sp³-hybridized carbons (Fsp3) is 0.529. The molecule has 0 bridgehead atoms. The quantitative estimate of drug-likeness (QED) is 0.873. The highest BCUT2D eigenvalue weighted by Gasteiger charge is 2.38. The molecule has 6 nitrogen and oxygen atoms in total. The van der Waals surface area contributed by atoms with Crippen LogP contribution >= 0.6 is 0 Å². The van der Waals surface area contributed by atoms with Crippen LogP contribution in [-0.2, 0) is 14.3 Å². The number of ether oxygens (including phenoxy) is 1. The molecule has 1 heterocycles. The molecular formula is C17H25N3O3. The number of hydrogen-bond acceptors (Lipinski definition) is 4. The first kappa shape index (κ1) is 17.4. The molecule has 23 heavy (non-hydrogen) atoms. The standard InChI is InChI=1S/C17H25N3O3/c1-12-5-4-6-13(2)15(12)19-14(21)11-20(3)16(22)17(18)7-9-23-10-8-17/h4-6H,7-11,18H2,1-3H3,(H,19,21). The second-order valence-corrected chi connectivity index (χ2v) is 6.24. The van der Waals surface area contributed by atoms with Gasteiger partial charge in [-0.25, -0.2) is 0 Å². The Morgan fingerprint density at radius 1 is 1.26 bits per heavy atom. The zero-order valence-corrected chi connectivity index (χ0v) is 14.0. The van der Waals surface area contributed by atoms with Crippen molar-refractivity contribution in [1.29, 1.82) is 0 Å². The summed E-state index contributed by atoms with van der Waals surface area (Å²) in [7, 11) is 1.61. The molecule has 1 aliphatic rings. The number of anilines is 1. The van der Waals surface area contributed by atoms with Gasteiger partial charge in [0.15, 0.2) is 0 Å². The molecule has 126 valence electrons. The molecule has 3 N–H and O–H groups in total. The van der Waals surface area contributed by atoms with E-state index in [2.05, 4.69) is 5.32 Å². The van der Waals surface area contributed by atoms with Gasteiger partial charge in [-0.15, -0.1) is 0 Å². The van der Waals surface area contributed by atoms with E-state index in [0.717, 1.165) is 16.8 Å². The van der Waals surface area contributed by atoms with Crippen molar-refractivity contribution >= 4 is 17.5 Å². The first-order chi connectivity index (χ1) is 10.8. The number of benzene rings is 1. The van der Waals surface area contributed by atoms with E-state index in [4.69, 9.17) is 10.5 Å². The number of likely N-dealkylation sites (N-methyl/N-ethyl adjacent to an activating group) is 1. The first-order valence-electron chi connectivity index (χ1n) is 7.82. The van der Waals surface area contributed by atoms with Crippen molar-refractivity contribution in [3.05, 3.63) is 29.3 Å². The lowest BCUT2D eigenvalue weighted by Gasteiger charge is -2.35. The fourth-order valence-electron chi connectivity index (χ4n) is 2.81. The Balaban J connectivity index is 1.98. The van der Waals surface area contributed by atoms with Crippen LogP contribution in [0.1, 0.15) is 24.0 Å². The zero-order valence-electron chi connectivity index (χ0n) is 14.0. The topological polar surface area (TPSA) is 84.7 Å². The summed E-state index contributed by atoms with van der Waals surface area (Å²) in [6.45, 7) is 4.81. The lowest BCUT2D eigenvalue weighted by Crippen LogP contribution is -2.58. The molecule has 1 aliphatic heterocycles. The summed E-state index contributed by atoms with van der Waals surface area (Å²) in [5, 5.41) is 2.88. The highest BCUT2D eigenvalue weighted by molar-refractivity contribution is 5.97. The predicted molar refractivity (Wildman–Crippen MR) is 89.2 cm³/mol. The zero-order chi connectivity index (χ0) is 17.0. The minimum atomic E-state index is -0.925. The number of carbonyl (C=O) groups is 2. The fourth-order valence-corrected chi connectivity index (χ4v) is 2.81. The van der Waals surface area contributed by atoms with Crippen LogP contribution < -0.4 is 11.1 Å². The number of nitrogens with zero attached hydrogens (tertiary/aromatic N) is 1. The summed E-state index contributed by atoms with van der Waals surface area (Å²) >= 11 is 0. The van der Waals surface area contributed by atoms with Crippen LogP contribution in [0.3, 0.4) is 0 Å². The minimum Gasteiger partial charge on any atom is -0.381 e. The van der Waals surface area contributed by atoms with Gasteiger partial charge >= 0.3 is 0 Å². The average Bonchev–Trinajstić information content (AvgIpc) is 2.51. The smallest absolute Gasteiger partial charge is 0.243 e. The molecule has 0 aromatic heterocycles. The van der Waals surface area contributed by atoms with Gasteiger partial charge in [0.2, 0.25) is 11.8 Å². The van der Waals surface area contributed by atoms with Gasteiger partial charge in [0.25, 0.3) is 0 Å². The molecule has 1 aromatic rings. The molecule has 0 spiro atoms. The summed E-state index contributed by atoms with van der Waals surface area (Å²) in [6.07, 6.45) is 0.962. The molecular weight excluding hydrogens is 294 g/mol. The summed E-state index contributed by atoms with van der Waals surface area (Å²) in [4.78, 5) is 26.2. The molecule has 2 rings (SSSR count). The van der Waals surface area contributed by atoms with E-state index in [1.807, 2.05) is 32.0 Å². The number of carbonyl (C=O) groups excluding carboxylic acids is 2. The summed E-state index contributed by atoms with van der Waals surface area (Å²) < 4.78 is 5.25. The van der Waals surface area contributed by atoms with Gasteiger partial charge in [-0.2, -0.15) is 0 Å². The van der Waals surface area contributed by atoms with Crippen molar-refractivity contribution in [3.63, 3.8) is 0 Å². The minimum absolute atomic E-state index is 0.0214. The summed E-state index contributed by atoms with van der Waals surface area (Å²) in [5.41, 5.74) is 8.04. The lowest BCUT2D eigenvalue weighted by molar-refractivity contribution is -0.141. The molecule has 0 saturated carbocycles. The predicted octanol–water partition coefficient (Wildman–Crippen LogP) is 1.21. The van der Waals surface area contributed by atoms with Gasteiger partial charge in [-0.3, -0.25) is 9.59 Å². The van der Waals surface area contributed by atoms with Crippen LogP contribution in [0.4, 0.5) is 5.69 Å².